The molecule has 1 aliphatic rings. The number of oxazole rings is 1. The van der Waals surface area contributed by atoms with Crippen molar-refractivity contribution in [3.8, 4) is 17.1 Å². The maximum Gasteiger partial charge on any atom is 0.573 e. The van der Waals surface area contributed by atoms with Crippen LogP contribution >= 0.6 is 11.8 Å². The van der Waals surface area contributed by atoms with E-state index < -0.39 is 18.0 Å². The zero-order chi connectivity index (χ0) is 27.0. The number of hydrogen-bond acceptors (Lipinski definition) is 7. The molecular weight excluding hydrogens is 523 g/mol. The SMILES string of the molecule is Cc1nc(C(=O)N2CCSC2CNC(=O)c2nn(C)c3ccccc23)c(-c2cccc(OC(F)(F)F)c2)o1. The zero-order valence-electron chi connectivity index (χ0n) is 20.3. The molecule has 0 saturated carbocycles. The third kappa shape index (κ3) is 5.19. The Morgan fingerprint density at radius 3 is 2.76 bits per heavy atom. The molecule has 2 aromatic heterocycles. The monoisotopic (exact) mass is 545 g/mol. The fourth-order valence-electron chi connectivity index (χ4n) is 4.31. The molecule has 9 nitrogen and oxygen atoms in total. The largest absolute Gasteiger partial charge is 0.573 e. The van der Waals surface area contributed by atoms with Gasteiger partial charge in [0.2, 0.25) is 0 Å². The molecule has 3 heterocycles. The van der Waals surface area contributed by atoms with Gasteiger partial charge in [-0.15, -0.1) is 24.9 Å². The van der Waals surface area contributed by atoms with Crippen LogP contribution in [-0.4, -0.2) is 62.1 Å². The van der Waals surface area contributed by atoms with Gasteiger partial charge in [-0.2, -0.15) is 5.10 Å². The van der Waals surface area contributed by atoms with Crippen LogP contribution in [0.4, 0.5) is 13.2 Å². The third-order valence-electron chi connectivity index (χ3n) is 5.93. The number of hydrogen-bond donors (Lipinski definition) is 1. The molecule has 0 radical (unpaired) electrons. The third-order valence-corrected chi connectivity index (χ3v) is 7.15. The molecule has 5 rings (SSSR count). The number of alkyl halides is 3. The second-order valence-electron chi connectivity index (χ2n) is 8.51. The van der Waals surface area contributed by atoms with Gasteiger partial charge in [0.1, 0.15) is 5.75 Å². The number of aromatic nitrogens is 3. The van der Waals surface area contributed by atoms with Gasteiger partial charge in [-0.3, -0.25) is 14.3 Å². The molecule has 1 fully saturated rings. The van der Waals surface area contributed by atoms with Gasteiger partial charge in [-0.1, -0.05) is 30.3 Å². The normalized spacial score (nSPS) is 15.7. The van der Waals surface area contributed by atoms with Gasteiger partial charge in [0.05, 0.1) is 10.9 Å². The maximum atomic E-state index is 13.5. The van der Waals surface area contributed by atoms with E-state index in [1.165, 1.54) is 23.9 Å². The Kier molecular flexibility index (Phi) is 6.78. The minimum atomic E-state index is -4.86. The molecule has 1 unspecified atom stereocenters. The summed E-state index contributed by atoms with van der Waals surface area (Å²) in [6, 6.07) is 12.6. The standard InChI is InChI=1S/C25H22F3N5O4S/c1-14-30-21(22(36-14)15-6-5-7-16(12-15)37-25(26,27)28)24(35)33-10-11-38-19(33)13-29-23(34)20-17-8-3-4-9-18(17)32(2)31-20/h3-9,12,19H,10-11,13H2,1-2H3,(H,29,34). The summed E-state index contributed by atoms with van der Waals surface area (Å²) in [5.41, 5.74) is 1.30. The van der Waals surface area contributed by atoms with E-state index >= 15 is 0 Å². The highest BCUT2D eigenvalue weighted by atomic mass is 32.2. The lowest BCUT2D eigenvalue weighted by Crippen LogP contribution is -2.42. The number of thioether (sulfide) groups is 1. The van der Waals surface area contributed by atoms with Crippen LogP contribution in [0, 0.1) is 6.92 Å². The highest BCUT2D eigenvalue weighted by molar-refractivity contribution is 8.00. The Hall–Kier alpha value is -4.00. The van der Waals surface area contributed by atoms with Crippen molar-refractivity contribution in [1.29, 1.82) is 0 Å². The van der Waals surface area contributed by atoms with Crippen LogP contribution in [0.3, 0.4) is 0 Å². The smallest absolute Gasteiger partial charge is 0.440 e. The van der Waals surface area contributed by atoms with Crippen LogP contribution in [-0.2, 0) is 7.05 Å². The van der Waals surface area contributed by atoms with E-state index in [-0.39, 0.29) is 40.7 Å². The van der Waals surface area contributed by atoms with Crippen molar-refractivity contribution in [2.75, 3.05) is 18.8 Å². The molecule has 13 heteroatoms. The van der Waals surface area contributed by atoms with Gasteiger partial charge >= 0.3 is 6.36 Å². The predicted molar refractivity (Wildman–Crippen MR) is 134 cm³/mol. The lowest BCUT2D eigenvalue weighted by Gasteiger charge is -2.23. The summed E-state index contributed by atoms with van der Waals surface area (Å²) in [6.07, 6.45) is -4.86. The van der Waals surface area contributed by atoms with E-state index in [0.717, 1.165) is 23.0 Å². The van der Waals surface area contributed by atoms with E-state index in [1.54, 1.807) is 23.6 Å². The average Bonchev–Trinajstić information content (AvgIpc) is 3.59. The van der Waals surface area contributed by atoms with Crippen LogP contribution in [0.15, 0.2) is 52.9 Å². The van der Waals surface area contributed by atoms with E-state index in [0.29, 0.717) is 18.0 Å². The van der Waals surface area contributed by atoms with Crippen molar-refractivity contribution in [2.24, 2.45) is 7.05 Å². The molecule has 1 aliphatic heterocycles. The van der Waals surface area contributed by atoms with Crippen molar-refractivity contribution in [3.05, 3.63) is 65.8 Å². The molecule has 1 saturated heterocycles. The van der Waals surface area contributed by atoms with Gasteiger partial charge in [0.25, 0.3) is 11.8 Å². The molecule has 2 aromatic carbocycles. The Bertz CT molecular complexity index is 1520. The van der Waals surface area contributed by atoms with Crippen LogP contribution < -0.4 is 10.1 Å². The van der Waals surface area contributed by atoms with Crippen LogP contribution in [0.25, 0.3) is 22.2 Å². The number of halogens is 3. The number of amides is 2. The van der Waals surface area contributed by atoms with Gasteiger partial charge < -0.3 is 19.4 Å². The number of nitrogens with zero attached hydrogens (tertiary/aromatic N) is 4. The number of para-hydroxylation sites is 1. The molecular formula is C25H22F3N5O4S. The Labute approximate surface area is 218 Å². The molecule has 2 amide bonds. The fourth-order valence-corrected chi connectivity index (χ4v) is 5.46. The van der Waals surface area contributed by atoms with Crippen molar-refractivity contribution in [2.45, 2.75) is 18.7 Å². The topological polar surface area (TPSA) is 102 Å². The number of carbonyl (C=O) groups excluding carboxylic acids is 2. The van der Waals surface area contributed by atoms with Crippen LogP contribution in [0.2, 0.25) is 0 Å². The summed E-state index contributed by atoms with van der Waals surface area (Å²) in [5.74, 6) is -0.390. The first-order valence-corrected chi connectivity index (χ1v) is 12.6. The lowest BCUT2D eigenvalue weighted by molar-refractivity contribution is -0.274. The number of ether oxygens (including phenoxy) is 1. The fraction of sp³-hybridized carbons (Fsp3) is 0.280. The van der Waals surface area contributed by atoms with Gasteiger partial charge in [-0.05, 0) is 18.2 Å². The van der Waals surface area contributed by atoms with Crippen molar-refractivity contribution in [3.63, 3.8) is 0 Å². The summed E-state index contributed by atoms with van der Waals surface area (Å²) >= 11 is 1.50. The molecule has 38 heavy (non-hydrogen) atoms. The number of carbonyl (C=O) groups is 2. The maximum absolute atomic E-state index is 13.5. The van der Waals surface area contributed by atoms with E-state index in [9.17, 15) is 22.8 Å². The zero-order valence-corrected chi connectivity index (χ0v) is 21.1. The van der Waals surface area contributed by atoms with Crippen molar-refractivity contribution in [1.82, 2.24) is 25.0 Å². The molecule has 0 spiro atoms. The molecule has 198 valence electrons. The second kappa shape index (κ2) is 10.0. The first kappa shape index (κ1) is 25.6. The molecule has 0 aliphatic carbocycles. The molecule has 4 aromatic rings. The molecule has 1 atom stereocenters. The number of nitrogens with one attached hydrogen (secondary N) is 1. The Morgan fingerprint density at radius 1 is 1.18 bits per heavy atom. The summed E-state index contributed by atoms with van der Waals surface area (Å²) in [6.45, 7) is 2.12. The van der Waals surface area contributed by atoms with Gasteiger partial charge in [0.15, 0.2) is 23.0 Å². The van der Waals surface area contributed by atoms with Gasteiger partial charge in [0, 0.05) is 43.8 Å². The lowest BCUT2D eigenvalue weighted by atomic mass is 10.1. The summed E-state index contributed by atoms with van der Waals surface area (Å²) in [4.78, 5) is 32.2. The number of aryl methyl sites for hydroxylation is 2. The molecule has 1 N–H and O–H groups in total. The number of fused-ring (bicyclic) bond motifs is 1. The summed E-state index contributed by atoms with van der Waals surface area (Å²) < 4.78 is 49.3. The average molecular weight is 546 g/mol. The van der Waals surface area contributed by atoms with Crippen LogP contribution in [0.5, 0.6) is 5.75 Å². The first-order valence-electron chi connectivity index (χ1n) is 11.6. The highest BCUT2D eigenvalue weighted by Gasteiger charge is 2.35. The van der Waals surface area contributed by atoms with E-state index in [4.69, 9.17) is 4.42 Å². The minimum absolute atomic E-state index is 0.0267. The Morgan fingerprint density at radius 2 is 1.97 bits per heavy atom. The minimum Gasteiger partial charge on any atom is -0.440 e. The van der Waals surface area contributed by atoms with E-state index in [1.807, 2.05) is 24.3 Å². The van der Waals surface area contributed by atoms with Crippen LogP contribution in [0.1, 0.15) is 26.9 Å². The van der Waals surface area contributed by atoms with Crippen molar-refractivity contribution >= 4 is 34.5 Å². The number of rotatable bonds is 6. The summed E-state index contributed by atoms with van der Waals surface area (Å²) in [5, 5.41) is 7.53. The van der Waals surface area contributed by atoms with Crippen molar-refractivity contribution < 1.29 is 31.9 Å². The van der Waals surface area contributed by atoms with E-state index in [2.05, 4.69) is 20.1 Å². The first-order chi connectivity index (χ1) is 18.1. The summed E-state index contributed by atoms with van der Waals surface area (Å²) in [7, 11) is 1.76. The molecule has 0 bridgehead atoms. The predicted octanol–water partition coefficient (Wildman–Crippen LogP) is 4.38. The Balaban J connectivity index is 1.33. The quantitative estimate of drug-likeness (QED) is 0.384. The highest BCUT2D eigenvalue weighted by Crippen LogP contribution is 2.33. The second-order valence-corrected chi connectivity index (χ2v) is 9.80. The van der Waals surface area contributed by atoms with Gasteiger partial charge in [-0.25, -0.2) is 4.98 Å². The number of benzene rings is 2.